The maximum atomic E-state index is 13.1. The molecule has 0 saturated carbocycles. The van der Waals surface area contributed by atoms with E-state index >= 15 is 0 Å². The molecule has 34 heavy (non-hydrogen) atoms. The van der Waals surface area contributed by atoms with Crippen LogP contribution in [0.25, 0.3) is 0 Å². The highest BCUT2D eigenvalue weighted by atomic mass is 16.5. The topological polar surface area (TPSA) is 56.1 Å². The van der Waals surface area contributed by atoms with Crippen LogP contribution in [-0.2, 0) is 24.8 Å². The Morgan fingerprint density at radius 3 is 2.47 bits per heavy atom. The van der Waals surface area contributed by atoms with Crippen molar-refractivity contribution in [3.63, 3.8) is 0 Å². The van der Waals surface area contributed by atoms with E-state index in [1.807, 2.05) is 30.3 Å². The van der Waals surface area contributed by atoms with E-state index in [0.29, 0.717) is 17.9 Å². The summed E-state index contributed by atoms with van der Waals surface area (Å²) in [5.74, 6) is 0.472. The van der Waals surface area contributed by atoms with Crippen molar-refractivity contribution in [2.24, 2.45) is 0 Å². The first-order chi connectivity index (χ1) is 16.7. The number of aromatic nitrogens is 2. The predicted molar refractivity (Wildman–Crippen MR) is 133 cm³/mol. The Morgan fingerprint density at radius 2 is 1.71 bits per heavy atom. The molecular weight excluding hydrogens is 422 g/mol. The van der Waals surface area contributed by atoms with Gasteiger partial charge in [0.05, 0.1) is 24.9 Å². The molecule has 3 aromatic carbocycles. The van der Waals surface area contributed by atoms with Gasteiger partial charge < -0.3 is 10.1 Å². The van der Waals surface area contributed by atoms with Crippen molar-refractivity contribution >= 4 is 5.91 Å². The van der Waals surface area contributed by atoms with Crippen LogP contribution in [0.3, 0.4) is 0 Å². The zero-order valence-corrected chi connectivity index (χ0v) is 19.4. The quantitative estimate of drug-likeness (QED) is 0.439. The first-order valence-corrected chi connectivity index (χ1v) is 11.7. The summed E-state index contributed by atoms with van der Waals surface area (Å²) in [5, 5.41) is 8.10. The van der Waals surface area contributed by atoms with E-state index in [4.69, 9.17) is 9.84 Å². The van der Waals surface area contributed by atoms with E-state index in [9.17, 15) is 4.79 Å². The summed E-state index contributed by atoms with van der Waals surface area (Å²) >= 11 is 0. The Balaban J connectivity index is 1.40. The van der Waals surface area contributed by atoms with Crippen LogP contribution in [0, 0.1) is 0 Å². The summed E-state index contributed by atoms with van der Waals surface area (Å²) in [6.07, 6.45) is 4.84. The maximum Gasteiger partial charge on any atom is 0.255 e. The van der Waals surface area contributed by atoms with Gasteiger partial charge in [-0.3, -0.25) is 9.48 Å². The molecule has 1 aliphatic carbocycles. The van der Waals surface area contributed by atoms with Crippen molar-refractivity contribution in [2.45, 2.75) is 31.2 Å². The minimum atomic E-state index is -0.188. The van der Waals surface area contributed by atoms with Gasteiger partial charge in [0.15, 0.2) is 0 Å². The van der Waals surface area contributed by atoms with Crippen molar-refractivity contribution in [2.75, 3.05) is 13.7 Å². The van der Waals surface area contributed by atoms with Crippen LogP contribution < -0.4 is 10.1 Å². The second kappa shape index (κ2) is 9.56. The molecular formula is C29H29N3O2. The lowest BCUT2D eigenvalue weighted by Gasteiger charge is -2.37. The second-order valence-electron chi connectivity index (χ2n) is 8.99. The van der Waals surface area contributed by atoms with Crippen molar-refractivity contribution < 1.29 is 9.53 Å². The van der Waals surface area contributed by atoms with Crippen molar-refractivity contribution in [1.29, 1.82) is 0 Å². The monoisotopic (exact) mass is 451 g/mol. The number of nitrogens with one attached hydrogen (secondary N) is 1. The Bertz CT molecular complexity index is 1270. The van der Waals surface area contributed by atoms with E-state index in [2.05, 4.69) is 64.7 Å². The Kier molecular flexibility index (Phi) is 6.17. The number of rotatable bonds is 7. The SMILES string of the molecule is COc1ccccc1C(=O)NCC1(c2ccccc2)CCc2nn(Cc3ccccc3)cc2C1. The summed E-state index contributed by atoms with van der Waals surface area (Å²) < 4.78 is 7.44. The van der Waals surface area contributed by atoms with Gasteiger partial charge in [0, 0.05) is 18.2 Å². The molecule has 1 aromatic heterocycles. The standard InChI is InChI=1S/C29H29N3O2/c1-34-27-15-9-8-14-25(27)28(33)30-21-29(24-12-6-3-7-13-24)17-16-26-23(18-29)20-32(31-26)19-22-10-4-2-5-11-22/h2-15,20H,16-19,21H2,1H3,(H,30,33). The molecule has 0 fully saturated rings. The third-order valence-electron chi connectivity index (χ3n) is 6.81. The summed E-state index contributed by atoms with van der Waals surface area (Å²) in [4.78, 5) is 13.1. The normalized spacial score (nSPS) is 17.1. The van der Waals surface area contributed by atoms with Crippen molar-refractivity contribution in [1.82, 2.24) is 15.1 Å². The van der Waals surface area contributed by atoms with Gasteiger partial charge in [-0.2, -0.15) is 5.10 Å². The van der Waals surface area contributed by atoms with E-state index in [0.717, 1.165) is 25.8 Å². The number of hydrogen-bond donors (Lipinski definition) is 1. The minimum Gasteiger partial charge on any atom is -0.496 e. The fourth-order valence-corrected chi connectivity index (χ4v) is 4.99. The van der Waals surface area contributed by atoms with Crippen LogP contribution in [0.15, 0.2) is 91.1 Å². The summed E-state index contributed by atoms with van der Waals surface area (Å²) in [5.41, 5.74) is 5.28. The number of methoxy groups -OCH3 is 1. The lowest BCUT2D eigenvalue weighted by atomic mass is 9.69. The molecule has 1 unspecified atom stereocenters. The number of aryl methyl sites for hydroxylation is 1. The largest absolute Gasteiger partial charge is 0.496 e. The van der Waals surface area contributed by atoms with E-state index in [1.165, 1.54) is 22.4 Å². The molecule has 0 spiro atoms. The van der Waals surface area contributed by atoms with Crippen molar-refractivity contribution in [3.05, 3.63) is 119 Å². The number of para-hydroxylation sites is 1. The Labute approximate surface area is 200 Å². The van der Waals surface area contributed by atoms with Gasteiger partial charge in [-0.1, -0.05) is 72.8 Å². The van der Waals surface area contributed by atoms with E-state index < -0.39 is 0 Å². The third kappa shape index (κ3) is 4.46. The predicted octanol–water partition coefficient (Wildman–Crippen LogP) is 4.80. The number of benzene rings is 3. The van der Waals surface area contributed by atoms with Gasteiger partial charge in [-0.15, -0.1) is 0 Å². The zero-order chi connectivity index (χ0) is 23.4. The average molecular weight is 452 g/mol. The molecule has 0 radical (unpaired) electrons. The van der Waals surface area contributed by atoms with E-state index in [1.54, 1.807) is 13.2 Å². The van der Waals surface area contributed by atoms with Gasteiger partial charge >= 0.3 is 0 Å². The number of fused-ring (bicyclic) bond motifs is 1. The number of nitrogens with zero attached hydrogens (tertiary/aromatic N) is 2. The zero-order valence-electron chi connectivity index (χ0n) is 19.4. The highest BCUT2D eigenvalue weighted by Crippen LogP contribution is 2.38. The third-order valence-corrected chi connectivity index (χ3v) is 6.81. The van der Waals surface area contributed by atoms with Crippen LogP contribution in [0.2, 0.25) is 0 Å². The number of amides is 1. The number of carbonyl (C=O) groups is 1. The molecule has 0 bridgehead atoms. The molecule has 1 atom stereocenters. The number of hydrogen-bond acceptors (Lipinski definition) is 3. The van der Waals surface area contributed by atoms with Gasteiger partial charge in [-0.25, -0.2) is 0 Å². The van der Waals surface area contributed by atoms with E-state index in [-0.39, 0.29) is 11.3 Å². The lowest BCUT2D eigenvalue weighted by Crippen LogP contribution is -2.44. The molecule has 1 aliphatic rings. The minimum absolute atomic E-state index is 0.113. The smallest absolute Gasteiger partial charge is 0.255 e. The van der Waals surface area contributed by atoms with Crippen LogP contribution in [0.4, 0.5) is 0 Å². The van der Waals surface area contributed by atoms with Crippen LogP contribution in [0.1, 0.15) is 39.2 Å². The fourth-order valence-electron chi connectivity index (χ4n) is 4.99. The Morgan fingerprint density at radius 1 is 1.00 bits per heavy atom. The highest BCUT2D eigenvalue weighted by molar-refractivity contribution is 5.97. The molecule has 172 valence electrons. The van der Waals surface area contributed by atoms with Gasteiger partial charge in [0.25, 0.3) is 5.91 Å². The first kappa shape index (κ1) is 22.0. The second-order valence-corrected chi connectivity index (χ2v) is 8.99. The summed E-state index contributed by atoms with van der Waals surface area (Å²) in [6.45, 7) is 1.31. The number of carbonyl (C=O) groups excluding carboxylic acids is 1. The van der Waals surface area contributed by atoms with Crippen LogP contribution in [-0.4, -0.2) is 29.3 Å². The molecule has 5 nitrogen and oxygen atoms in total. The molecule has 5 rings (SSSR count). The van der Waals surface area contributed by atoms with Crippen LogP contribution >= 0.6 is 0 Å². The maximum absolute atomic E-state index is 13.1. The molecule has 0 aliphatic heterocycles. The molecule has 1 heterocycles. The fraction of sp³-hybridized carbons (Fsp3) is 0.241. The molecule has 0 saturated heterocycles. The van der Waals surface area contributed by atoms with Crippen molar-refractivity contribution in [3.8, 4) is 5.75 Å². The molecule has 4 aromatic rings. The van der Waals surface area contributed by atoms with Gasteiger partial charge in [-0.05, 0) is 48.1 Å². The Hall–Kier alpha value is -3.86. The molecule has 5 heteroatoms. The van der Waals surface area contributed by atoms with Crippen LogP contribution in [0.5, 0.6) is 5.75 Å². The molecule has 1 amide bonds. The summed E-state index contributed by atoms with van der Waals surface area (Å²) in [7, 11) is 1.59. The molecule has 1 N–H and O–H groups in total. The average Bonchev–Trinajstić information content (AvgIpc) is 3.29. The lowest BCUT2D eigenvalue weighted by molar-refractivity contribution is 0.0937. The number of ether oxygens (including phenoxy) is 1. The first-order valence-electron chi connectivity index (χ1n) is 11.7. The van der Waals surface area contributed by atoms with Gasteiger partial charge in [0.1, 0.15) is 5.75 Å². The van der Waals surface area contributed by atoms with Gasteiger partial charge in [0.2, 0.25) is 0 Å². The summed E-state index contributed by atoms with van der Waals surface area (Å²) in [6, 6.07) is 28.3. The highest BCUT2D eigenvalue weighted by Gasteiger charge is 2.38.